The van der Waals surface area contributed by atoms with Gasteiger partial charge in [0, 0.05) is 31.8 Å². The summed E-state index contributed by atoms with van der Waals surface area (Å²) in [6, 6.07) is 0. The quantitative estimate of drug-likeness (QED) is 0.333. The van der Waals surface area contributed by atoms with E-state index in [0.29, 0.717) is 18.3 Å². The van der Waals surface area contributed by atoms with Gasteiger partial charge in [-0.05, 0) is 85.4 Å². The maximum Gasteiger partial charge on any atom is 0.303 e. The average Bonchev–Trinajstić information content (AvgIpc) is 2.88. The zero-order chi connectivity index (χ0) is 30.4. The molecule has 0 bridgehead atoms. The number of aliphatic hydroxyl groups excluding tert-OH is 2. The second kappa shape index (κ2) is 9.79. The fourth-order valence-electron chi connectivity index (χ4n) is 11.5. The normalized spacial score (nSPS) is 50.3. The topological polar surface area (TPSA) is 102 Å². The molecular formula is C34H54O7. The lowest BCUT2D eigenvalue weighted by Gasteiger charge is -2.71. The maximum atomic E-state index is 12.3. The van der Waals surface area contributed by atoms with Crippen molar-refractivity contribution in [1.29, 1.82) is 0 Å². The Morgan fingerprint density at radius 3 is 2.15 bits per heavy atom. The minimum Gasteiger partial charge on any atom is -0.462 e. The van der Waals surface area contributed by atoms with Crippen LogP contribution in [0.5, 0.6) is 0 Å². The third kappa shape index (κ3) is 4.07. The standard InChI is InChI=1S/C34H54O7/c1-20(36)40-26-13-14-31(6)24(29(26,3)4)12-15-33(8)25(31)11-10-22-23-18-34(19-35,39-9)27(38)28(41-21(2)37)30(23,5)16-17-32(22,33)7/h10,23-28,35,38H,11-19H2,1-9H3. The van der Waals surface area contributed by atoms with Gasteiger partial charge in [-0.25, -0.2) is 0 Å². The van der Waals surface area contributed by atoms with Crippen LogP contribution in [0.4, 0.5) is 0 Å². The van der Waals surface area contributed by atoms with Crippen molar-refractivity contribution in [3.05, 3.63) is 11.6 Å². The first-order valence-corrected chi connectivity index (χ1v) is 15.9. The van der Waals surface area contributed by atoms with Crippen molar-refractivity contribution in [3.8, 4) is 0 Å². The first-order valence-electron chi connectivity index (χ1n) is 15.9. The molecule has 5 aliphatic rings. The molecule has 0 aromatic rings. The molecule has 4 fully saturated rings. The SMILES string of the molecule is COC1(CO)CC2C3=CCC4C5(C)CCC(OC(C)=O)C(C)(C)C5CCC4(C)C3(C)CCC2(C)C(OC(C)=O)C1O. The van der Waals surface area contributed by atoms with E-state index >= 15 is 0 Å². The van der Waals surface area contributed by atoms with Crippen molar-refractivity contribution >= 4 is 11.9 Å². The number of allylic oxidation sites excluding steroid dienone is 2. The van der Waals surface area contributed by atoms with Gasteiger partial charge < -0.3 is 24.4 Å². The van der Waals surface area contributed by atoms with Gasteiger partial charge in [-0.3, -0.25) is 9.59 Å². The number of esters is 2. The number of aliphatic hydroxyl groups is 2. The highest BCUT2D eigenvalue weighted by Gasteiger charge is 2.71. The monoisotopic (exact) mass is 574 g/mol. The highest BCUT2D eigenvalue weighted by atomic mass is 16.6. The molecule has 2 N–H and O–H groups in total. The van der Waals surface area contributed by atoms with Crippen molar-refractivity contribution in [2.75, 3.05) is 13.7 Å². The number of hydrogen-bond acceptors (Lipinski definition) is 7. The van der Waals surface area contributed by atoms with Crippen molar-refractivity contribution < 1.29 is 34.0 Å². The van der Waals surface area contributed by atoms with Crippen LogP contribution in [-0.4, -0.2) is 59.8 Å². The summed E-state index contributed by atoms with van der Waals surface area (Å²) in [6.45, 7) is 16.9. The van der Waals surface area contributed by atoms with Crippen molar-refractivity contribution in [3.63, 3.8) is 0 Å². The summed E-state index contributed by atoms with van der Waals surface area (Å²) in [5, 5.41) is 22.1. The molecule has 0 aliphatic heterocycles. The van der Waals surface area contributed by atoms with Crippen LogP contribution in [0.3, 0.4) is 0 Å². The highest BCUT2D eigenvalue weighted by Crippen LogP contribution is 2.75. The Hall–Kier alpha value is -1.44. The zero-order valence-electron chi connectivity index (χ0n) is 26.8. The molecule has 4 saturated carbocycles. The number of fused-ring (bicyclic) bond motifs is 7. The van der Waals surface area contributed by atoms with E-state index in [1.165, 1.54) is 26.5 Å². The second-order valence-corrected chi connectivity index (χ2v) is 15.9. The highest BCUT2D eigenvalue weighted by molar-refractivity contribution is 5.66. The molecule has 0 aromatic heterocycles. The third-order valence-electron chi connectivity index (χ3n) is 14.1. The van der Waals surface area contributed by atoms with Crippen LogP contribution < -0.4 is 0 Å². The minimum atomic E-state index is -1.19. The lowest BCUT2D eigenvalue weighted by Crippen LogP contribution is -2.70. The van der Waals surface area contributed by atoms with E-state index in [-0.39, 0.29) is 46.3 Å². The molecule has 0 radical (unpaired) electrons. The third-order valence-corrected chi connectivity index (χ3v) is 14.1. The van der Waals surface area contributed by atoms with E-state index in [4.69, 9.17) is 14.2 Å². The number of hydrogen-bond donors (Lipinski definition) is 2. The van der Waals surface area contributed by atoms with E-state index in [9.17, 15) is 19.8 Å². The average molecular weight is 575 g/mol. The number of methoxy groups -OCH3 is 1. The predicted molar refractivity (Wildman–Crippen MR) is 156 cm³/mol. The number of carbonyl (C=O) groups excluding carboxylic acids is 2. The van der Waals surface area contributed by atoms with E-state index in [1.807, 2.05) is 0 Å². The first-order chi connectivity index (χ1) is 19.0. The molecule has 0 aromatic carbocycles. The number of carbonyl (C=O) groups is 2. The van der Waals surface area contributed by atoms with Crippen molar-refractivity contribution in [2.45, 2.75) is 131 Å². The van der Waals surface area contributed by atoms with Crippen LogP contribution >= 0.6 is 0 Å². The molecule has 7 heteroatoms. The summed E-state index contributed by atoms with van der Waals surface area (Å²) >= 11 is 0. The molecule has 11 atom stereocenters. The van der Waals surface area contributed by atoms with Gasteiger partial charge in [0.25, 0.3) is 0 Å². The molecule has 0 amide bonds. The second-order valence-electron chi connectivity index (χ2n) is 15.9. The molecule has 5 rings (SSSR count). The summed E-state index contributed by atoms with van der Waals surface area (Å²) in [4.78, 5) is 24.2. The molecule has 11 unspecified atom stereocenters. The van der Waals surface area contributed by atoms with Gasteiger partial charge in [-0.15, -0.1) is 0 Å². The fourth-order valence-corrected chi connectivity index (χ4v) is 11.5. The molecule has 0 saturated heterocycles. The molecule has 41 heavy (non-hydrogen) atoms. The Bertz CT molecular complexity index is 1110. The predicted octanol–water partition coefficient (Wildman–Crippen LogP) is 5.60. The lowest BCUT2D eigenvalue weighted by molar-refractivity contribution is -0.256. The van der Waals surface area contributed by atoms with Gasteiger partial charge in [0.2, 0.25) is 0 Å². The van der Waals surface area contributed by atoms with Crippen LogP contribution in [0.15, 0.2) is 11.6 Å². The van der Waals surface area contributed by atoms with Crippen LogP contribution in [-0.2, 0) is 23.8 Å². The molecular weight excluding hydrogens is 520 g/mol. The Kier molecular flexibility index (Phi) is 7.40. The number of rotatable bonds is 4. The number of ether oxygens (including phenoxy) is 3. The Balaban J connectivity index is 1.57. The van der Waals surface area contributed by atoms with E-state index in [0.717, 1.165) is 44.9 Å². The fraction of sp³-hybridized carbons (Fsp3) is 0.882. The summed E-state index contributed by atoms with van der Waals surface area (Å²) in [7, 11) is 1.54. The van der Waals surface area contributed by atoms with Crippen LogP contribution in [0.2, 0.25) is 0 Å². The summed E-state index contributed by atoms with van der Waals surface area (Å²) in [5.41, 5.74) is -0.209. The van der Waals surface area contributed by atoms with E-state index in [2.05, 4.69) is 47.6 Å². The lowest BCUT2D eigenvalue weighted by atomic mass is 9.33. The molecule has 232 valence electrons. The Labute approximate surface area is 246 Å². The van der Waals surface area contributed by atoms with Gasteiger partial charge in [-0.2, -0.15) is 0 Å². The van der Waals surface area contributed by atoms with Gasteiger partial charge in [-0.1, -0.05) is 53.2 Å². The molecule has 0 spiro atoms. The largest absolute Gasteiger partial charge is 0.462 e. The maximum absolute atomic E-state index is 12.3. The molecule has 5 aliphatic carbocycles. The van der Waals surface area contributed by atoms with E-state index < -0.39 is 29.2 Å². The Morgan fingerprint density at radius 2 is 1.56 bits per heavy atom. The van der Waals surface area contributed by atoms with Crippen LogP contribution in [0.25, 0.3) is 0 Å². The van der Waals surface area contributed by atoms with Crippen molar-refractivity contribution in [2.24, 2.45) is 44.8 Å². The summed E-state index contributed by atoms with van der Waals surface area (Å²) in [5.74, 6) is 0.366. The molecule has 0 heterocycles. The van der Waals surface area contributed by atoms with Crippen LogP contribution in [0.1, 0.15) is 107 Å². The van der Waals surface area contributed by atoms with Gasteiger partial charge >= 0.3 is 11.9 Å². The van der Waals surface area contributed by atoms with E-state index in [1.54, 1.807) is 0 Å². The summed E-state index contributed by atoms with van der Waals surface area (Å²) in [6.07, 6.45) is 8.01. The smallest absolute Gasteiger partial charge is 0.303 e. The van der Waals surface area contributed by atoms with Gasteiger partial charge in [0.05, 0.1) is 6.61 Å². The van der Waals surface area contributed by atoms with Crippen LogP contribution in [0, 0.1) is 44.8 Å². The molecule has 7 nitrogen and oxygen atoms in total. The Morgan fingerprint density at radius 1 is 0.902 bits per heavy atom. The van der Waals surface area contributed by atoms with Gasteiger partial charge in [0.15, 0.2) is 0 Å². The van der Waals surface area contributed by atoms with Crippen molar-refractivity contribution in [1.82, 2.24) is 0 Å². The van der Waals surface area contributed by atoms with Gasteiger partial charge in [0.1, 0.15) is 23.9 Å². The summed E-state index contributed by atoms with van der Waals surface area (Å²) < 4.78 is 17.7. The first kappa shape index (κ1) is 31.0. The minimum absolute atomic E-state index is 0.0144. The zero-order valence-corrected chi connectivity index (χ0v) is 26.8.